The van der Waals surface area contributed by atoms with Crippen LogP contribution in [0.4, 0.5) is 4.39 Å². The molecule has 2 rings (SSSR count). The molecular weight excluding hydrogens is 335 g/mol. The van der Waals surface area contributed by atoms with E-state index in [2.05, 4.69) is 0 Å². The number of halogens is 1. The van der Waals surface area contributed by atoms with Gasteiger partial charge in [0.2, 0.25) is 0 Å². The van der Waals surface area contributed by atoms with E-state index < -0.39 is 0 Å². The number of hydrogen-bond acceptors (Lipinski definition) is 6. The van der Waals surface area contributed by atoms with Gasteiger partial charge >= 0.3 is 5.97 Å². The van der Waals surface area contributed by atoms with Crippen molar-refractivity contribution in [3.8, 4) is 0 Å². The van der Waals surface area contributed by atoms with Gasteiger partial charge in [0.05, 0.1) is 10.8 Å². The summed E-state index contributed by atoms with van der Waals surface area (Å²) in [7, 11) is 0. The molecule has 7 heteroatoms. The highest BCUT2D eigenvalue weighted by molar-refractivity contribution is 8.01. The van der Waals surface area contributed by atoms with E-state index in [9.17, 15) is 9.18 Å². The summed E-state index contributed by atoms with van der Waals surface area (Å²) in [6.45, 7) is 2.12. The lowest BCUT2D eigenvalue weighted by atomic mass is 10.2. The Balaban J connectivity index is 2.11. The first kappa shape index (κ1) is 15.6. The predicted octanol–water partition coefficient (Wildman–Crippen LogP) is 5.15. The minimum atomic E-state index is -0.327. The first-order valence-electron chi connectivity index (χ1n) is 5.78. The molecule has 0 bridgehead atoms. The topological polar surface area (TPSA) is 26.3 Å². The number of rotatable bonds is 5. The fourth-order valence-electron chi connectivity index (χ4n) is 1.41. The van der Waals surface area contributed by atoms with E-state index in [1.165, 1.54) is 46.6 Å². The number of thioether (sulfide) groups is 1. The van der Waals surface area contributed by atoms with Crippen LogP contribution in [0.5, 0.6) is 0 Å². The van der Waals surface area contributed by atoms with Gasteiger partial charge in [-0.25, -0.2) is 9.18 Å². The number of hydrogen-bond donors (Lipinski definition) is 0. The molecule has 0 saturated carbocycles. The zero-order valence-corrected chi connectivity index (χ0v) is 13.8. The number of carbonyl (C=O) groups excluding carboxylic acids is 1. The third-order valence-electron chi connectivity index (χ3n) is 2.29. The van der Waals surface area contributed by atoms with E-state index >= 15 is 0 Å². The summed E-state index contributed by atoms with van der Waals surface area (Å²) in [4.78, 5) is 12.4. The van der Waals surface area contributed by atoms with Crippen molar-refractivity contribution >= 4 is 52.6 Å². The summed E-state index contributed by atoms with van der Waals surface area (Å²) < 4.78 is 19.4. The van der Waals surface area contributed by atoms with Gasteiger partial charge in [0.1, 0.15) is 13.8 Å². The summed E-state index contributed by atoms with van der Waals surface area (Å²) in [5.41, 5.74) is 0.996. The molecule has 0 saturated heterocycles. The Bertz CT molecular complexity index is 645. The molecule has 1 aromatic carbocycles. The molecule has 0 aliphatic carbocycles. The number of benzene rings is 1. The summed E-state index contributed by atoms with van der Waals surface area (Å²) in [6.07, 6.45) is 0. The zero-order valence-electron chi connectivity index (χ0n) is 10.6. The van der Waals surface area contributed by atoms with Crippen LogP contribution < -0.4 is 0 Å². The van der Waals surface area contributed by atoms with Crippen LogP contribution in [0.3, 0.4) is 0 Å². The fourth-order valence-corrected chi connectivity index (χ4v) is 5.54. The van der Waals surface area contributed by atoms with Gasteiger partial charge in [-0.15, -0.1) is 34.4 Å². The molecular formula is C13H11FO2S4. The average molecular weight is 346 g/mol. The molecule has 0 radical (unpaired) electrons. The van der Waals surface area contributed by atoms with Crippen LogP contribution in [-0.2, 0) is 10.5 Å². The second-order valence-corrected chi connectivity index (χ2v) is 8.18. The lowest BCUT2D eigenvalue weighted by Crippen LogP contribution is -2.02. The van der Waals surface area contributed by atoms with E-state index in [1.807, 2.05) is 0 Å². The van der Waals surface area contributed by atoms with Crippen molar-refractivity contribution in [2.24, 2.45) is 0 Å². The molecule has 1 heterocycles. The van der Waals surface area contributed by atoms with E-state index in [1.54, 1.807) is 19.1 Å². The smallest absolute Gasteiger partial charge is 0.350 e. The second-order valence-electron chi connectivity index (χ2n) is 3.71. The van der Waals surface area contributed by atoms with E-state index in [4.69, 9.17) is 17.0 Å². The first-order valence-corrected chi connectivity index (χ1v) is 8.81. The van der Waals surface area contributed by atoms with Crippen LogP contribution in [0.25, 0.3) is 0 Å². The molecule has 0 N–H and O–H groups in total. The minimum Gasteiger partial charge on any atom is -0.462 e. The molecule has 2 nitrogen and oxygen atoms in total. The number of ether oxygens (including phenoxy) is 1. The van der Waals surface area contributed by atoms with Gasteiger partial charge in [-0.2, -0.15) is 0 Å². The van der Waals surface area contributed by atoms with Crippen LogP contribution in [-0.4, -0.2) is 12.6 Å². The van der Waals surface area contributed by atoms with Gasteiger partial charge in [0.25, 0.3) is 0 Å². The Hall–Kier alpha value is -0.760. The lowest BCUT2D eigenvalue weighted by Gasteiger charge is -2.03. The highest BCUT2D eigenvalue weighted by Gasteiger charge is 2.17. The van der Waals surface area contributed by atoms with Gasteiger partial charge in [-0.1, -0.05) is 24.4 Å². The first-order chi connectivity index (χ1) is 9.60. The molecule has 0 spiro atoms. The second kappa shape index (κ2) is 7.31. The summed E-state index contributed by atoms with van der Waals surface area (Å²) in [6, 6.07) is 6.32. The Kier molecular flexibility index (Phi) is 5.71. The third-order valence-corrected chi connectivity index (χ3v) is 6.39. The van der Waals surface area contributed by atoms with Crippen LogP contribution in [0.15, 0.2) is 28.5 Å². The fraction of sp³-hybridized carbons (Fsp3) is 0.231. The molecule has 2 aromatic rings. The Morgan fingerprint density at radius 1 is 1.35 bits per heavy atom. The maximum absolute atomic E-state index is 12.8. The maximum atomic E-state index is 12.8. The molecule has 0 fully saturated rings. The van der Waals surface area contributed by atoms with Crippen molar-refractivity contribution in [1.29, 1.82) is 0 Å². The van der Waals surface area contributed by atoms with Gasteiger partial charge in [0, 0.05) is 5.75 Å². The van der Waals surface area contributed by atoms with Crippen molar-refractivity contribution < 1.29 is 13.9 Å². The van der Waals surface area contributed by atoms with Gasteiger partial charge < -0.3 is 4.74 Å². The molecule has 0 atom stereocenters. The lowest BCUT2D eigenvalue weighted by molar-refractivity contribution is 0.0529. The Morgan fingerprint density at radius 3 is 2.70 bits per heavy atom. The van der Waals surface area contributed by atoms with Crippen LogP contribution >= 0.6 is 46.7 Å². The van der Waals surface area contributed by atoms with Gasteiger partial charge in [0.15, 0.2) is 0 Å². The molecule has 0 unspecified atom stereocenters. The van der Waals surface area contributed by atoms with Crippen LogP contribution in [0.1, 0.15) is 22.2 Å². The molecule has 20 heavy (non-hydrogen) atoms. The monoisotopic (exact) mass is 346 g/mol. The summed E-state index contributed by atoms with van der Waals surface area (Å²) in [5, 5.41) is 0. The normalized spacial score (nSPS) is 10.5. The summed E-state index contributed by atoms with van der Waals surface area (Å²) in [5.74, 6) is 0.0814. The molecule has 0 aliphatic rings. The zero-order chi connectivity index (χ0) is 14.5. The Labute approximate surface area is 133 Å². The van der Waals surface area contributed by atoms with Crippen molar-refractivity contribution in [2.75, 3.05) is 6.61 Å². The maximum Gasteiger partial charge on any atom is 0.350 e. The van der Waals surface area contributed by atoms with Crippen molar-refractivity contribution in [1.82, 2.24) is 0 Å². The quantitative estimate of drug-likeness (QED) is 0.425. The number of carbonyl (C=O) groups is 1. The Morgan fingerprint density at radius 2 is 2.05 bits per heavy atom. The summed E-state index contributed by atoms with van der Waals surface area (Å²) >= 11 is 9.35. The molecule has 1 aromatic heterocycles. The van der Waals surface area contributed by atoms with Crippen LogP contribution in [0.2, 0.25) is 0 Å². The van der Waals surface area contributed by atoms with E-state index in [0.717, 1.165) is 9.77 Å². The average Bonchev–Trinajstić information content (AvgIpc) is 2.80. The SMILES string of the molecule is CCOC(=O)c1sc(=S)sc1SCc1ccc(F)cc1. The standard InChI is InChI=1S/C13H11FO2S4/c1-2-16-11(15)10-12(20-13(17)19-10)18-7-8-3-5-9(14)6-4-8/h3-6H,2,7H2,1H3. The minimum absolute atomic E-state index is 0.253. The molecule has 0 aliphatic heterocycles. The predicted molar refractivity (Wildman–Crippen MR) is 84.9 cm³/mol. The molecule has 106 valence electrons. The van der Waals surface area contributed by atoms with Gasteiger partial charge in [-0.05, 0) is 24.6 Å². The van der Waals surface area contributed by atoms with Crippen LogP contribution in [0, 0.1) is 8.95 Å². The molecule has 0 amide bonds. The van der Waals surface area contributed by atoms with Crippen molar-refractivity contribution in [3.63, 3.8) is 0 Å². The number of esters is 1. The highest BCUT2D eigenvalue weighted by Crippen LogP contribution is 2.36. The van der Waals surface area contributed by atoms with Crippen molar-refractivity contribution in [3.05, 3.63) is 43.7 Å². The highest BCUT2D eigenvalue weighted by atomic mass is 32.2. The largest absolute Gasteiger partial charge is 0.462 e. The van der Waals surface area contributed by atoms with Gasteiger partial charge in [-0.3, -0.25) is 0 Å². The third kappa shape index (κ3) is 4.12. The van der Waals surface area contributed by atoms with Crippen molar-refractivity contribution in [2.45, 2.75) is 16.9 Å². The van der Waals surface area contributed by atoms with E-state index in [-0.39, 0.29) is 11.8 Å². The van der Waals surface area contributed by atoms with E-state index in [0.29, 0.717) is 20.4 Å².